The lowest BCUT2D eigenvalue weighted by atomic mass is 10.0. The van der Waals surface area contributed by atoms with Crippen molar-refractivity contribution < 1.29 is 19.4 Å². The van der Waals surface area contributed by atoms with Gasteiger partial charge in [0.05, 0.1) is 0 Å². The summed E-state index contributed by atoms with van der Waals surface area (Å²) in [7, 11) is 1.72. The van der Waals surface area contributed by atoms with Crippen LogP contribution in [0.1, 0.15) is 24.0 Å². The molecule has 160 valence electrons. The lowest BCUT2D eigenvalue weighted by Crippen LogP contribution is -2.49. The van der Waals surface area contributed by atoms with E-state index in [0.717, 1.165) is 21.9 Å². The molecule has 2 atom stereocenters. The molecule has 0 aromatic heterocycles. The number of rotatable bonds is 5. The van der Waals surface area contributed by atoms with E-state index in [1.165, 1.54) is 4.90 Å². The van der Waals surface area contributed by atoms with Crippen molar-refractivity contribution in [1.29, 1.82) is 0 Å². The lowest BCUT2D eigenvalue weighted by molar-refractivity contribution is -0.136. The molecule has 0 radical (unpaired) electrons. The third-order valence-corrected chi connectivity index (χ3v) is 5.72. The fourth-order valence-electron chi connectivity index (χ4n) is 4.10. The average Bonchev–Trinajstić information content (AvgIpc) is 3.19. The molecule has 6 heteroatoms. The minimum Gasteiger partial charge on any atom is -0.444 e. The maximum atomic E-state index is 13.2. The SMILES string of the molecule is CN(Cc1cccc2ccccc12)C(=O)[C@@H]1CCC(O)N1C(=O)OCc1ccccc1. The molecule has 4 rings (SSSR count). The van der Waals surface area contributed by atoms with Crippen LogP contribution in [0, 0.1) is 0 Å². The maximum absolute atomic E-state index is 13.2. The number of amides is 2. The summed E-state index contributed by atoms with van der Waals surface area (Å²) in [4.78, 5) is 28.6. The monoisotopic (exact) mass is 418 g/mol. The summed E-state index contributed by atoms with van der Waals surface area (Å²) >= 11 is 0. The van der Waals surface area contributed by atoms with E-state index in [9.17, 15) is 14.7 Å². The van der Waals surface area contributed by atoms with Gasteiger partial charge in [0.15, 0.2) is 0 Å². The summed E-state index contributed by atoms with van der Waals surface area (Å²) in [5, 5.41) is 12.6. The van der Waals surface area contributed by atoms with E-state index in [1.807, 2.05) is 72.8 Å². The van der Waals surface area contributed by atoms with Gasteiger partial charge in [-0.1, -0.05) is 72.8 Å². The van der Waals surface area contributed by atoms with Gasteiger partial charge in [0.1, 0.15) is 18.9 Å². The number of carbonyl (C=O) groups excluding carboxylic acids is 2. The maximum Gasteiger partial charge on any atom is 0.412 e. The van der Waals surface area contributed by atoms with Gasteiger partial charge < -0.3 is 14.7 Å². The van der Waals surface area contributed by atoms with E-state index < -0.39 is 18.4 Å². The predicted molar refractivity (Wildman–Crippen MR) is 118 cm³/mol. The molecule has 1 heterocycles. The van der Waals surface area contributed by atoms with Crippen LogP contribution < -0.4 is 0 Å². The molecule has 3 aromatic carbocycles. The van der Waals surface area contributed by atoms with Crippen LogP contribution in [0.3, 0.4) is 0 Å². The van der Waals surface area contributed by atoms with E-state index in [-0.39, 0.29) is 12.5 Å². The number of carbonyl (C=O) groups is 2. The van der Waals surface area contributed by atoms with Crippen LogP contribution in [-0.4, -0.2) is 46.2 Å². The zero-order chi connectivity index (χ0) is 21.8. The van der Waals surface area contributed by atoms with Gasteiger partial charge in [0.2, 0.25) is 5.91 Å². The Hall–Kier alpha value is -3.38. The number of likely N-dealkylation sites (tertiary alicyclic amines) is 1. The number of likely N-dealkylation sites (N-methyl/N-ethyl adjacent to an activating group) is 1. The zero-order valence-electron chi connectivity index (χ0n) is 17.5. The Morgan fingerprint density at radius 2 is 1.71 bits per heavy atom. The van der Waals surface area contributed by atoms with Crippen molar-refractivity contribution in [2.75, 3.05) is 7.05 Å². The Morgan fingerprint density at radius 3 is 2.52 bits per heavy atom. The average molecular weight is 418 g/mol. The Labute approximate surface area is 181 Å². The van der Waals surface area contributed by atoms with E-state index in [4.69, 9.17) is 4.74 Å². The first-order valence-electron chi connectivity index (χ1n) is 10.4. The van der Waals surface area contributed by atoms with E-state index in [2.05, 4.69) is 0 Å². The molecule has 1 unspecified atom stereocenters. The molecule has 1 fully saturated rings. The highest BCUT2D eigenvalue weighted by Crippen LogP contribution is 2.26. The van der Waals surface area contributed by atoms with Gasteiger partial charge in [0.25, 0.3) is 0 Å². The van der Waals surface area contributed by atoms with Gasteiger partial charge in [0, 0.05) is 13.6 Å². The second kappa shape index (κ2) is 9.18. The molecule has 2 amide bonds. The van der Waals surface area contributed by atoms with Crippen LogP contribution in [0.4, 0.5) is 4.79 Å². The number of benzene rings is 3. The highest BCUT2D eigenvalue weighted by Gasteiger charge is 2.42. The number of fused-ring (bicyclic) bond motifs is 1. The standard InChI is InChI=1S/C25H26N2O4/c1-26(16-20-12-7-11-19-10-5-6-13-21(19)20)24(29)22-14-15-23(28)27(22)25(30)31-17-18-8-3-2-4-9-18/h2-13,22-23,28H,14-17H2,1H3/t22-,23?/m0/s1. The molecule has 1 N–H and O–H groups in total. The number of nitrogens with zero attached hydrogens (tertiary/aromatic N) is 2. The molecule has 1 aliphatic rings. The summed E-state index contributed by atoms with van der Waals surface area (Å²) in [5.41, 5.74) is 1.88. The highest BCUT2D eigenvalue weighted by molar-refractivity contribution is 5.88. The Kier molecular flexibility index (Phi) is 6.18. The van der Waals surface area contributed by atoms with Crippen LogP contribution in [-0.2, 0) is 22.7 Å². The fourth-order valence-corrected chi connectivity index (χ4v) is 4.10. The van der Waals surface area contributed by atoms with Crippen molar-refractivity contribution in [1.82, 2.24) is 9.80 Å². The molecule has 0 saturated carbocycles. The molecule has 1 aliphatic heterocycles. The first-order valence-corrected chi connectivity index (χ1v) is 10.4. The second-order valence-corrected chi connectivity index (χ2v) is 7.85. The number of ether oxygens (including phenoxy) is 1. The molecule has 31 heavy (non-hydrogen) atoms. The van der Waals surface area contributed by atoms with Crippen LogP contribution in [0.5, 0.6) is 0 Å². The van der Waals surface area contributed by atoms with Crippen molar-refractivity contribution in [2.45, 2.75) is 38.3 Å². The molecule has 0 spiro atoms. The van der Waals surface area contributed by atoms with Gasteiger partial charge >= 0.3 is 6.09 Å². The van der Waals surface area contributed by atoms with Gasteiger partial charge in [-0.3, -0.25) is 9.69 Å². The predicted octanol–water partition coefficient (Wildman–Crippen LogP) is 3.92. The lowest BCUT2D eigenvalue weighted by Gasteiger charge is -2.29. The Bertz CT molecular complexity index is 1060. The topological polar surface area (TPSA) is 70.1 Å². The molecule has 3 aromatic rings. The van der Waals surface area contributed by atoms with Crippen LogP contribution in [0.2, 0.25) is 0 Å². The van der Waals surface area contributed by atoms with Crippen molar-refractivity contribution in [3.05, 3.63) is 83.9 Å². The van der Waals surface area contributed by atoms with Crippen molar-refractivity contribution in [2.24, 2.45) is 0 Å². The number of aliphatic hydroxyl groups excluding tert-OH is 1. The van der Waals surface area contributed by atoms with Gasteiger partial charge in [-0.2, -0.15) is 0 Å². The van der Waals surface area contributed by atoms with E-state index >= 15 is 0 Å². The minimum atomic E-state index is -1.02. The number of aliphatic hydroxyl groups is 1. The summed E-state index contributed by atoms with van der Waals surface area (Å²) in [5.74, 6) is -0.207. The van der Waals surface area contributed by atoms with E-state index in [1.54, 1.807) is 11.9 Å². The summed E-state index contributed by atoms with van der Waals surface area (Å²) < 4.78 is 5.37. The third kappa shape index (κ3) is 4.54. The molecule has 6 nitrogen and oxygen atoms in total. The molecular formula is C25H26N2O4. The Morgan fingerprint density at radius 1 is 1.00 bits per heavy atom. The van der Waals surface area contributed by atoms with Crippen molar-refractivity contribution in [3.63, 3.8) is 0 Å². The van der Waals surface area contributed by atoms with Gasteiger partial charge in [-0.15, -0.1) is 0 Å². The summed E-state index contributed by atoms with van der Waals surface area (Å²) in [6.45, 7) is 0.509. The van der Waals surface area contributed by atoms with Gasteiger partial charge in [-0.25, -0.2) is 4.79 Å². The molecule has 0 bridgehead atoms. The smallest absolute Gasteiger partial charge is 0.412 e. The number of hydrogen-bond acceptors (Lipinski definition) is 4. The molecule has 1 saturated heterocycles. The summed E-state index contributed by atoms with van der Waals surface area (Å²) in [6, 6.07) is 22.6. The third-order valence-electron chi connectivity index (χ3n) is 5.72. The van der Waals surface area contributed by atoms with Crippen LogP contribution in [0.15, 0.2) is 72.8 Å². The Balaban J connectivity index is 1.45. The quantitative estimate of drug-likeness (QED) is 0.682. The van der Waals surface area contributed by atoms with Crippen LogP contribution >= 0.6 is 0 Å². The molecular weight excluding hydrogens is 392 g/mol. The first kappa shape index (κ1) is 20.9. The minimum absolute atomic E-state index is 0.0929. The van der Waals surface area contributed by atoms with Crippen molar-refractivity contribution in [3.8, 4) is 0 Å². The normalized spacial score (nSPS) is 18.2. The molecule has 0 aliphatic carbocycles. The largest absolute Gasteiger partial charge is 0.444 e. The van der Waals surface area contributed by atoms with Crippen molar-refractivity contribution >= 4 is 22.8 Å². The van der Waals surface area contributed by atoms with Gasteiger partial charge in [-0.05, 0) is 34.7 Å². The fraction of sp³-hybridized carbons (Fsp3) is 0.280. The highest BCUT2D eigenvalue weighted by atomic mass is 16.6. The number of hydrogen-bond donors (Lipinski definition) is 1. The second-order valence-electron chi connectivity index (χ2n) is 7.85. The first-order chi connectivity index (χ1) is 15.0. The summed E-state index contributed by atoms with van der Waals surface area (Å²) in [6.07, 6.45) is -0.951. The van der Waals surface area contributed by atoms with E-state index in [0.29, 0.717) is 19.4 Å². The zero-order valence-corrected chi connectivity index (χ0v) is 17.5. The van der Waals surface area contributed by atoms with Crippen LogP contribution in [0.25, 0.3) is 10.8 Å².